The number of hydrogen-bond donors (Lipinski definition) is 2. The molecule has 2 N–H and O–H groups in total. The molecule has 25 heavy (non-hydrogen) atoms. The van der Waals surface area contributed by atoms with Gasteiger partial charge in [0.25, 0.3) is 5.91 Å². The van der Waals surface area contributed by atoms with E-state index in [0.717, 1.165) is 18.5 Å². The van der Waals surface area contributed by atoms with E-state index in [1.165, 1.54) is 0 Å². The molecule has 0 spiro atoms. The third-order valence-electron chi connectivity index (χ3n) is 3.80. The van der Waals surface area contributed by atoms with E-state index in [0.29, 0.717) is 22.5 Å². The molecule has 0 fully saturated rings. The van der Waals surface area contributed by atoms with Crippen LogP contribution in [-0.4, -0.2) is 21.9 Å². The number of nitrogens with zero attached hydrogens (tertiary/aromatic N) is 1. The molecule has 1 aromatic heterocycles. The quantitative estimate of drug-likeness (QED) is 0.673. The van der Waals surface area contributed by atoms with Gasteiger partial charge in [-0.15, -0.1) is 0 Å². The van der Waals surface area contributed by atoms with Crippen molar-refractivity contribution in [2.45, 2.75) is 19.8 Å². The highest BCUT2D eigenvalue weighted by molar-refractivity contribution is 6.10. The molecular formula is C20H19N3O2. The Morgan fingerprint density at radius 3 is 2.52 bits per heavy atom. The van der Waals surface area contributed by atoms with Crippen molar-refractivity contribution in [2.24, 2.45) is 0 Å². The lowest BCUT2D eigenvalue weighted by molar-refractivity contribution is 0.101. The fourth-order valence-corrected chi connectivity index (χ4v) is 2.56. The van der Waals surface area contributed by atoms with Gasteiger partial charge in [-0.05, 0) is 24.6 Å². The van der Waals surface area contributed by atoms with Crippen molar-refractivity contribution >= 4 is 17.4 Å². The second-order valence-electron chi connectivity index (χ2n) is 5.76. The zero-order valence-electron chi connectivity index (χ0n) is 14.0. The summed E-state index contributed by atoms with van der Waals surface area (Å²) in [7, 11) is 0. The first-order valence-corrected chi connectivity index (χ1v) is 8.23. The van der Waals surface area contributed by atoms with Gasteiger partial charge in [0.1, 0.15) is 0 Å². The third-order valence-corrected chi connectivity index (χ3v) is 3.80. The summed E-state index contributed by atoms with van der Waals surface area (Å²) >= 11 is 0. The first-order valence-electron chi connectivity index (χ1n) is 8.23. The summed E-state index contributed by atoms with van der Waals surface area (Å²) in [5, 5.41) is 9.68. The molecule has 0 atom stereocenters. The first kappa shape index (κ1) is 16.6. The molecule has 126 valence electrons. The molecule has 5 heteroatoms. The van der Waals surface area contributed by atoms with Gasteiger partial charge in [-0.2, -0.15) is 5.10 Å². The number of aromatic nitrogens is 2. The number of amides is 1. The average molecular weight is 333 g/mol. The molecule has 1 heterocycles. The normalized spacial score (nSPS) is 10.4. The third kappa shape index (κ3) is 4.01. The van der Waals surface area contributed by atoms with E-state index in [9.17, 15) is 9.59 Å². The fourth-order valence-electron chi connectivity index (χ4n) is 2.56. The minimum atomic E-state index is -0.303. The highest BCUT2D eigenvalue weighted by Crippen LogP contribution is 2.16. The Morgan fingerprint density at radius 1 is 1.00 bits per heavy atom. The largest absolute Gasteiger partial charge is 0.321 e. The van der Waals surface area contributed by atoms with E-state index >= 15 is 0 Å². The van der Waals surface area contributed by atoms with Gasteiger partial charge in [0.2, 0.25) is 0 Å². The molecule has 0 unspecified atom stereocenters. The summed E-state index contributed by atoms with van der Waals surface area (Å²) in [6.07, 6.45) is 1.83. The summed E-state index contributed by atoms with van der Waals surface area (Å²) in [5.74, 6) is -0.385. The van der Waals surface area contributed by atoms with E-state index in [-0.39, 0.29) is 11.7 Å². The molecule has 0 bridgehead atoms. The summed E-state index contributed by atoms with van der Waals surface area (Å²) in [5.41, 5.74) is 2.97. The van der Waals surface area contributed by atoms with E-state index in [1.54, 1.807) is 42.5 Å². The summed E-state index contributed by atoms with van der Waals surface area (Å²) in [4.78, 5) is 24.8. The number of nitrogens with one attached hydrogen (secondary N) is 2. The van der Waals surface area contributed by atoms with Crippen molar-refractivity contribution in [2.75, 3.05) is 5.32 Å². The maximum atomic E-state index is 12.5. The Kier molecular flexibility index (Phi) is 5.04. The summed E-state index contributed by atoms with van der Waals surface area (Å²) in [6, 6.07) is 17.7. The molecule has 3 aromatic rings. The standard InChI is InChI=1S/C20H19N3O2/c1-2-7-17-13-18(23-22-17)20(25)21-16-11-6-10-15(12-16)19(24)14-8-4-3-5-9-14/h3-6,8-13H,2,7H2,1H3,(H,21,25)(H,22,23). The number of carbonyl (C=O) groups excluding carboxylic acids is 2. The first-order chi connectivity index (χ1) is 12.2. The van der Waals surface area contributed by atoms with Crippen LogP contribution >= 0.6 is 0 Å². The van der Waals surface area contributed by atoms with Gasteiger partial charge in [0.05, 0.1) is 0 Å². The maximum absolute atomic E-state index is 12.5. The van der Waals surface area contributed by atoms with Gasteiger partial charge in [0, 0.05) is 22.5 Å². The Bertz CT molecular complexity index is 885. The number of carbonyl (C=O) groups is 2. The predicted octanol–water partition coefficient (Wildman–Crippen LogP) is 3.85. The summed E-state index contributed by atoms with van der Waals surface area (Å²) in [6.45, 7) is 2.07. The van der Waals surface area contributed by atoms with Gasteiger partial charge in [-0.3, -0.25) is 14.7 Å². The second-order valence-corrected chi connectivity index (χ2v) is 5.76. The Labute approximate surface area is 146 Å². The van der Waals surface area contributed by atoms with E-state index < -0.39 is 0 Å². The Hall–Kier alpha value is -3.21. The highest BCUT2D eigenvalue weighted by Gasteiger charge is 2.13. The highest BCUT2D eigenvalue weighted by atomic mass is 16.2. The Balaban J connectivity index is 1.75. The summed E-state index contributed by atoms with van der Waals surface area (Å²) < 4.78 is 0. The molecule has 0 aliphatic heterocycles. The minimum Gasteiger partial charge on any atom is -0.321 e. The molecule has 0 radical (unpaired) electrons. The monoisotopic (exact) mass is 333 g/mol. The van der Waals surface area contributed by atoms with Crippen molar-refractivity contribution < 1.29 is 9.59 Å². The van der Waals surface area contributed by atoms with Gasteiger partial charge >= 0.3 is 0 Å². The van der Waals surface area contributed by atoms with E-state index in [1.807, 2.05) is 18.2 Å². The topological polar surface area (TPSA) is 74.8 Å². The number of ketones is 1. The van der Waals surface area contributed by atoms with Crippen molar-refractivity contribution in [1.29, 1.82) is 0 Å². The lowest BCUT2D eigenvalue weighted by Gasteiger charge is -2.06. The number of anilines is 1. The zero-order chi connectivity index (χ0) is 17.6. The van der Waals surface area contributed by atoms with Crippen LogP contribution in [0.5, 0.6) is 0 Å². The van der Waals surface area contributed by atoms with Crippen molar-refractivity contribution in [3.05, 3.63) is 83.2 Å². The van der Waals surface area contributed by atoms with Crippen LogP contribution in [0.3, 0.4) is 0 Å². The van der Waals surface area contributed by atoms with Crippen LogP contribution in [0.2, 0.25) is 0 Å². The number of hydrogen-bond acceptors (Lipinski definition) is 3. The van der Waals surface area contributed by atoms with Gasteiger partial charge in [-0.1, -0.05) is 55.8 Å². The van der Waals surface area contributed by atoms with Crippen LogP contribution < -0.4 is 5.32 Å². The molecule has 0 aliphatic rings. The van der Waals surface area contributed by atoms with Crippen LogP contribution in [0.4, 0.5) is 5.69 Å². The molecule has 3 rings (SSSR count). The van der Waals surface area contributed by atoms with Crippen LogP contribution in [0.1, 0.15) is 45.4 Å². The SMILES string of the molecule is CCCc1cc(C(=O)Nc2cccc(C(=O)c3ccccc3)c2)n[nH]1. The average Bonchev–Trinajstić information content (AvgIpc) is 3.11. The van der Waals surface area contributed by atoms with Crippen LogP contribution in [0.15, 0.2) is 60.7 Å². The predicted molar refractivity (Wildman–Crippen MR) is 96.9 cm³/mol. The van der Waals surface area contributed by atoms with Crippen molar-refractivity contribution in [1.82, 2.24) is 10.2 Å². The lowest BCUT2D eigenvalue weighted by atomic mass is 10.0. The Morgan fingerprint density at radius 2 is 1.76 bits per heavy atom. The number of aryl methyl sites for hydroxylation is 1. The smallest absolute Gasteiger partial charge is 0.276 e. The number of rotatable bonds is 6. The zero-order valence-corrected chi connectivity index (χ0v) is 14.0. The molecule has 0 saturated carbocycles. The fraction of sp³-hybridized carbons (Fsp3) is 0.150. The molecule has 0 aliphatic carbocycles. The second kappa shape index (κ2) is 7.57. The molecule has 2 aromatic carbocycles. The minimum absolute atomic E-state index is 0.0818. The molecule has 0 saturated heterocycles. The van der Waals surface area contributed by atoms with Gasteiger partial charge in [-0.25, -0.2) is 0 Å². The van der Waals surface area contributed by atoms with E-state index in [2.05, 4.69) is 22.4 Å². The number of benzene rings is 2. The number of aromatic amines is 1. The maximum Gasteiger partial charge on any atom is 0.276 e. The van der Waals surface area contributed by atoms with E-state index in [4.69, 9.17) is 0 Å². The molecular weight excluding hydrogens is 314 g/mol. The molecule has 1 amide bonds. The van der Waals surface area contributed by atoms with Crippen LogP contribution in [0, 0.1) is 0 Å². The van der Waals surface area contributed by atoms with Crippen LogP contribution in [0.25, 0.3) is 0 Å². The number of H-pyrrole nitrogens is 1. The van der Waals surface area contributed by atoms with Crippen LogP contribution in [-0.2, 0) is 6.42 Å². The molecule has 5 nitrogen and oxygen atoms in total. The lowest BCUT2D eigenvalue weighted by Crippen LogP contribution is -2.13. The van der Waals surface area contributed by atoms with Gasteiger partial charge < -0.3 is 5.32 Å². The van der Waals surface area contributed by atoms with Crippen molar-refractivity contribution in [3.8, 4) is 0 Å². The van der Waals surface area contributed by atoms with Gasteiger partial charge in [0.15, 0.2) is 11.5 Å². The van der Waals surface area contributed by atoms with Crippen molar-refractivity contribution in [3.63, 3.8) is 0 Å².